The Morgan fingerprint density at radius 2 is 2.15 bits per heavy atom. The summed E-state index contributed by atoms with van der Waals surface area (Å²) in [4.78, 5) is 14.0. The van der Waals surface area contributed by atoms with Crippen LogP contribution in [0, 0.1) is 6.92 Å². The van der Waals surface area contributed by atoms with Crippen LogP contribution < -0.4 is 11.1 Å². The molecular weight excluding hydrogens is 254 g/mol. The number of nitrogens with zero attached hydrogens (tertiary/aromatic N) is 2. The molecule has 0 fully saturated rings. The first kappa shape index (κ1) is 12.5. The Morgan fingerprint density at radius 1 is 1.40 bits per heavy atom. The summed E-state index contributed by atoms with van der Waals surface area (Å²) in [7, 11) is 0. The smallest absolute Gasteiger partial charge is 0.322 e. The molecule has 0 atom stereocenters. The lowest BCUT2D eigenvalue weighted by atomic mass is 10.1. The number of nitrogens with one attached hydrogen (secondary N) is 2. The maximum absolute atomic E-state index is 12.2. The fourth-order valence-electron chi connectivity index (χ4n) is 2.33. The van der Waals surface area contributed by atoms with E-state index in [0.29, 0.717) is 18.9 Å². The second-order valence-corrected chi connectivity index (χ2v) is 5.03. The van der Waals surface area contributed by atoms with Crippen LogP contribution in [0.2, 0.25) is 0 Å². The summed E-state index contributed by atoms with van der Waals surface area (Å²) < 4.78 is 0. The molecule has 0 bridgehead atoms. The average molecular weight is 271 g/mol. The van der Waals surface area contributed by atoms with Crippen molar-refractivity contribution in [3.05, 3.63) is 41.1 Å². The number of anilines is 2. The summed E-state index contributed by atoms with van der Waals surface area (Å²) >= 11 is 0. The third kappa shape index (κ3) is 2.32. The van der Waals surface area contributed by atoms with Crippen molar-refractivity contribution in [2.24, 2.45) is 0 Å². The second kappa shape index (κ2) is 4.88. The van der Waals surface area contributed by atoms with Crippen LogP contribution in [0.25, 0.3) is 0 Å². The number of aryl methyl sites for hydroxylation is 1. The van der Waals surface area contributed by atoms with Crippen LogP contribution in [0.5, 0.6) is 0 Å². The van der Waals surface area contributed by atoms with Gasteiger partial charge in [-0.25, -0.2) is 4.79 Å². The number of aromatic amines is 1. The number of hydrogen-bond acceptors (Lipinski definition) is 3. The van der Waals surface area contributed by atoms with Gasteiger partial charge in [0.05, 0.1) is 6.54 Å². The maximum Gasteiger partial charge on any atom is 0.322 e. The average Bonchev–Trinajstić information content (AvgIpc) is 2.82. The van der Waals surface area contributed by atoms with E-state index in [1.807, 2.05) is 31.2 Å². The zero-order valence-corrected chi connectivity index (χ0v) is 11.3. The summed E-state index contributed by atoms with van der Waals surface area (Å²) in [5.41, 5.74) is 9.71. The Balaban J connectivity index is 1.70. The molecule has 3 rings (SSSR count). The molecule has 104 valence electrons. The predicted molar refractivity (Wildman–Crippen MR) is 77.3 cm³/mol. The van der Waals surface area contributed by atoms with Crippen LogP contribution in [-0.2, 0) is 13.0 Å². The van der Waals surface area contributed by atoms with E-state index in [2.05, 4.69) is 15.5 Å². The largest absolute Gasteiger partial charge is 0.382 e. The number of carbonyl (C=O) groups is 1. The Bertz CT molecular complexity index is 632. The summed E-state index contributed by atoms with van der Waals surface area (Å²) in [6.07, 6.45) is 0.751. The topological polar surface area (TPSA) is 87.0 Å². The zero-order chi connectivity index (χ0) is 14.1. The fourth-order valence-corrected chi connectivity index (χ4v) is 2.33. The molecule has 0 saturated heterocycles. The molecule has 0 unspecified atom stereocenters. The van der Waals surface area contributed by atoms with Crippen LogP contribution in [0.3, 0.4) is 0 Å². The minimum Gasteiger partial charge on any atom is -0.382 e. The van der Waals surface area contributed by atoms with Crippen LogP contribution in [-0.4, -0.2) is 27.7 Å². The standard InChI is InChI=1S/C14H17N5O/c1-9-2-4-10(5-3-9)16-14(20)19-7-6-12-11(8-19)13(15)18-17-12/h2-5H,6-8H2,1H3,(H,16,20)(H3,15,17,18). The van der Waals surface area contributed by atoms with Gasteiger partial charge >= 0.3 is 6.03 Å². The van der Waals surface area contributed by atoms with E-state index in [9.17, 15) is 4.79 Å². The molecule has 1 aromatic carbocycles. The minimum absolute atomic E-state index is 0.111. The van der Waals surface area contributed by atoms with Gasteiger partial charge in [0.1, 0.15) is 5.82 Å². The van der Waals surface area contributed by atoms with Crippen molar-refractivity contribution in [3.63, 3.8) is 0 Å². The minimum atomic E-state index is -0.111. The number of rotatable bonds is 1. The lowest BCUT2D eigenvalue weighted by Gasteiger charge is -2.27. The van der Waals surface area contributed by atoms with Gasteiger partial charge in [0, 0.05) is 29.9 Å². The molecule has 0 spiro atoms. The summed E-state index contributed by atoms with van der Waals surface area (Å²) in [6, 6.07) is 7.62. The normalized spacial score (nSPS) is 13.9. The molecular formula is C14H17N5O. The second-order valence-electron chi connectivity index (χ2n) is 5.03. The van der Waals surface area contributed by atoms with Crippen molar-refractivity contribution >= 4 is 17.5 Å². The monoisotopic (exact) mass is 271 g/mol. The van der Waals surface area contributed by atoms with E-state index in [0.717, 1.165) is 28.9 Å². The molecule has 2 heterocycles. The summed E-state index contributed by atoms with van der Waals surface area (Å²) in [6.45, 7) is 3.17. The van der Waals surface area contributed by atoms with Crippen molar-refractivity contribution in [2.45, 2.75) is 19.9 Å². The molecule has 6 nitrogen and oxygen atoms in total. The molecule has 1 aliphatic rings. The number of urea groups is 1. The van der Waals surface area contributed by atoms with Crippen molar-refractivity contribution in [1.29, 1.82) is 0 Å². The van der Waals surface area contributed by atoms with Crippen LogP contribution >= 0.6 is 0 Å². The molecule has 2 amide bonds. The van der Waals surface area contributed by atoms with Gasteiger partial charge in [-0.2, -0.15) is 5.10 Å². The van der Waals surface area contributed by atoms with Gasteiger partial charge in [0.25, 0.3) is 0 Å². The van der Waals surface area contributed by atoms with Gasteiger partial charge in [-0.1, -0.05) is 17.7 Å². The fraction of sp³-hybridized carbons (Fsp3) is 0.286. The molecule has 4 N–H and O–H groups in total. The number of H-pyrrole nitrogens is 1. The van der Waals surface area contributed by atoms with Crippen molar-refractivity contribution < 1.29 is 4.79 Å². The van der Waals surface area contributed by atoms with Crippen molar-refractivity contribution in [1.82, 2.24) is 15.1 Å². The van der Waals surface area contributed by atoms with Crippen LogP contribution in [0.4, 0.5) is 16.3 Å². The molecule has 0 aliphatic carbocycles. The van der Waals surface area contributed by atoms with E-state index in [-0.39, 0.29) is 6.03 Å². The van der Waals surface area contributed by atoms with E-state index in [1.54, 1.807) is 4.90 Å². The van der Waals surface area contributed by atoms with E-state index < -0.39 is 0 Å². The highest BCUT2D eigenvalue weighted by Crippen LogP contribution is 2.22. The first-order valence-electron chi connectivity index (χ1n) is 6.57. The van der Waals surface area contributed by atoms with E-state index in [4.69, 9.17) is 5.73 Å². The van der Waals surface area contributed by atoms with Gasteiger partial charge in [0.15, 0.2) is 0 Å². The number of amides is 2. The maximum atomic E-state index is 12.2. The number of benzene rings is 1. The highest BCUT2D eigenvalue weighted by Gasteiger charge is 2.24. The van der Waals surface area contributed by atoms with E-state index in [1.165, 1.54) is 0 Å². The highest BCUT2D eigenvalue weighted by molar-refractivity contribution is 5.89. The number of carbonyl (C=O) groups excluding carboxylic acids is 1. The molecule has 0 saturated carbocycles. The third-order valence-electron chi connectivity index (χ3n) is 3.56. The number of nitrogen functional groups attached to an aromatic ring is 1. The summed E-state index contributed by atoms with van der Waals surface area (Å²) in [5.74, 6) is 0.479. The van der Waals surface area contributed by atoms with Crippen LogP contribution in [0.1, 0.15) is 16.8 Å². The van der Waals surface area contributed by atoms with Crippen molar-refractivity contribution in [3.8, 4) is 0 Å². The first-order chi connectivity index (χ1) is 9.63. The van der Waals surface area contributed by atoms with Gasteiger partial charge in [-0.3, -0.25) is 5.10 Å². The van der Waals surface area contributed by atoms with Crippen LogP contribution in [0.15, 0.2) is 24.3 Å². The Morgan fingerprint density at radius 3 is 2.90 bits per heavy atom. The Labute approximate surface area is 117 Å². The highest BCUT2D eigenvalue weighted by atomic mass is 16.2. The third-order valence-corrected chi connectivity index (χ3v) is 3.56. The van der Waals surface area contributed by atoms with Crippen molar-refractivity contribution in [2.75, 3.05) is 17.6 Å². The first-order valence-corrected chi connectivity index (χ1v) is 6.57. The molecule has 6 heteroatoms. The molecule has 2 aromatic rings. The molecule has 20 heavy (non-hydrogen) atoms. The lowest BCUT2D eigenvalue weighted by molar-refractivity contribution is 0.206. The number of aromatic nitrogens is 2. The zero-order valence-electron chi connectivity index (χ0n) is 11.3. The Kier molecular flexibility index (Phi) is 3.06. The lowest BCUT2D eigenvalue weighted by Crippen LogP contribution is -2.38. The number of hydrogen-bond donors (Lipinski definition) is 3. The number of fused-ring (bicyclic) bond motifs is 1. The molecule has 1 aliphatic heterocycles. The summed E-state index contributed by atoms with van der Waals surface area (Å²) in [5, 5.41) is 9.78. The van der Waals surface area contributed by atoms with Gasteiger partial charge < -0.3 is 16.0 Å². The quantitative estimate of drug-likeness (QED) is 0.740. The SMILES string of the molecule is Cc1ccc(NC(=O)N2CCc3[nH]nc(N)c3C2)cc1. The number of nitrogens with two attached hydrogens (primary N) is 1. The molecule has 1 aromatic heterocycles. The van der Waals surface area contributed by atoms with Gasteiger partial charge in [0.2, 0.25) is 0 Å². The van der Waals surface area contributed by atoms with Gasteiger partial charge in [-0.15, -0.1) is 0 Å². The van der Waals surface area contributed by atoms with Gasteiger partial charge in [-0.05, 0) is 19.1 Å². The molecule has 0 radical (unpaired) electrons. The van der Waals surface area contributed by atoms with E-state index >= 15 is 0 Å². The Hall–Kier alpha value is -2.50. The predicted octanol–water partition coefficient (Wildman–Crippen LogP) is 1.89.